The number of benzene rings is 2. The molecule has 0 unspecified atom stereocenters. The van der Waals surface area contributed by atoms with E-state index in [0.717, 1.165) is 16.5 Å². The van der Waals surface area contributed by atoms with Gasteiger partial charge in [0.2, 0.25) is 5.75 Å². The van der Waals surface area contributed by atoms with Gasteiger partial charge in [0, 0.05) is 23.9 Å². The van der Waals surface area contributed by atoms with E-state index in [0.29, 0.717) is 28.4 Å². The van der Waals surface area contributed by atoms with Crippen LogP contribution in [0.25, 0.3) is 0 Å². The van der Waals surface area contributed by atoms with Crippen LogP contribution in [0.1, 0.15) is 21.5 Å². The number of nitrogens with one attached hydrogen (secondary N) is 1. The summed E-state index contributed by atoms with van der Waals surface area (Å²) in [5, 5.41) is 12.8. The summed E-state index contributed by atoms with van der Waals surface area (Å²) in [5.41, 5.74) is 4.73. The van der Waals surface area contributed by atoms with Crippen LogP contribution in [0.4, 0.5) is 0 Å². The number of ether oxygens (including phenoxy) is 3. The summed E-state index contributed by atoms with van der Waals surface area (Å²) in [6.07, 6.45) is 3.15. The number of aryl methyl sites for hydroxylation is 1. The van der Waals surface area contributed by atoms with Crippen molar-refractivity contribution in [2.45, 2.75) is 10.9 Å². The first-order chi connectivity index (χ1) is 15.1. The van der Waals surface area contributed by atoms with Crippen LogP contribution in [0.5, 0.6) is 17.2 Å². The zero-order chi connectivity index (χ0) is 22.2. The Morgan fingerprint density at radius 1 is 1.10 bits per heavy atom. The van der Waals surface area contributed by atoms with E-state index in [-0.39, 0.29) is 5.91 Å². The molecule has 0 aliphatic heterocycles. The first-order valence-electron chi connectivity index (χ1n) is 9.25. The maximum absolute atomic E-state index is 12.4. The number of rotatable bonds is 9. The lowest BCUT2D eigenvalue weighted by molar-refractivity contribution is 0.0955. The number of hydrazone groups is 1. The van der Waals surface area contributed by atoms with E-state index in [4.69, 9.17) is 14.2 Å². The zero-order valence-corrected chi connectivity index (χ0v) is 18.5. The molecule has 162 valence electrons. The third kappa shape index (κ3) is 5.34. The van der Waals surface area contributed by atoms with E-state index in [9.17, 15) is 4.79 Å². The largest absolute Gasteiger partial charge is 0.493 e. The lowest BCUT2D eigenvalue weighted by atomic mass is 10.1. The molecule has 0 bridgehead atoms. The van der Waals surface area contributed by atoms with Gasteiger partial charge < -0.3 is 18.8 Å². The number of hydrogen-bond acceptors (Lipinski definition) is 8. The Balaban J connectivity index is 1.61. The van der Waals surface area contributed by atoms with Gasteiger partial charge in [-0.05, 0) is 29.8 Å². The summed E-state index contributed by atoms with van der Waals surface area (Å²) >= 11 is 1.58. The maximum Gasteiger partial charge on any atom is 0.271 e. The summed E-state index contributed by atoms with van der Waals surface area (Å²) in [6.45, 7) is 0. The number of thioether (sulfide) groups is 1. The topological polar surface area (TPSA) is 99.9 Å². The number of carbonyl (C=O) groups excluding carboxylic acids is 1. The summed E-state index contributed by atoms with van der Waals surface area (Å²) in [7, 11) is 6.49. The van der Waals surface area contributed by atoms with Crippen LogP contribution in [-0.2, 0) is 12.8 Å². The molecular weight excluding hydrogens is 418 g/mol. The summed E-state index contributed by atoms with van der Waals surface area (Å²) in [5.74, 6) is 1.87. The molecule has 0 fully saturated rings. The average molecular weight is 442 g/mol. The molecule has 3 rings (SSSR count). The van der Waals surface area contributed by atoms with Gasteiger partial charge in [0.1, 0.15) is 6.33 Å². The molecule has 1 N–H and O–H groups in total. The summed E-state index contributed by atoms with van der Waals surface area (Å²) < 4.78 is 17.9. The Morgan fingerprint density at radius 3 is 2.45 bits per heavy atom. The Hall–Kier alpha value is -3.53. The van der Waals surface area contributed by atoms with E-state index < -0.39 is 0 Å². The van der Waals surface area contributed by atoms with Crippen molar-refractivity contribution in [3.05, 3.63) is 59.4 Å². The van der Waals surface area contributed by atoms with Gasteiger partial charge >= 0.3 is 0 Å². The van der Waals surface area contributed by atoms with Crippen molar-refractivity contribution in [2.75, 3.05) is 21.3 Å². The van der Waals surface area contributed by atoms with Crippen LogP contribution in [0.2, 0.25) is 0 Å². The molecule has 1 heterocycles. The first-order valence-corrected chi connectivity index (χ1v) is 10.2. The van der Waals surface area contributed by atoms with Crippen LogP contribution in [0, 0.1) is 0 Å². The fourth-order valence-corrected chi connectivity index (χ4v) is 3.60. The summed E-state index contributed by atoms with van der Waals surface area (Å²) in [4.78, 5) is 12.4. The van der Waals surface area contributed by atoms with Crippen molar-refractivity contribution in [1.82, 2.24) is 20.2 Å². The number of aromatic nitrogens is 3. The van der Waals surface area contributed by atoms with Gasteiger partial charge in [-0.1, -0.05) is 23.9 Å². The second-order valence-electron chi connectivity index (χ2n) is 6.33. The van der Waals surface area contributed by atoms with Crippen LogP contribution in [0.15, 0.2) is 53.0 Å². The quantitative estimate of drug-likeness (QED) is 0.310. The molecule has 0 aliphatic rings. The Labute approximate surface area is 184 Å². The number of carbonyl (C=O) groups is 1. The van der Waals surface area contributed by atoms with Gasteiger partial charge in [-0.3, -0.25) is 4.79 Å². The molecule has 10 heteroatoms. The highest BCUT2D eigenvalue weighted by molar-refractivity contribution is 7.98. The van der Waals surface area contributed by atoms with Gasteiger partial charge in [-0.25, -0.2) is 5.43 Å². The normalized spacial score (nSPS) is 10.8. The van der Waals surface area contributed by atoms with E-state index in [1.54, 1.807) is 49.5 Å². The fraction of sp³-hybridized carbons (Fsp3) is 0.238. The van der Waals surface area contributed by atoms with Crippen molar-refractivity contribution in [3.8, 4) is 17.2 Å². The predicted molar refractivity (Wildman–Crippen MR) is 118 cm³/mol. The minimum atomic E-state index is -0.316. The van der Waals surface area contributed by atoms with Gasteiger partial charge in [0.15, 0.2) is 16.7 Å². The molecule has 1 amide bonds. The highest BCUT2D eigenvalue weighted by atomic mass is 32.2. The standard InChI is InChI=1S/C21H23N5O4S/c1-26-13-23-25-21(26)31-12-14-5-7-15(8-6-14)20(27)24-22-11-16-9-10-17(28-2)19(30-4)18(16)29-3/h5-11,13H,12H2,1-4H3,(H,24,27)/b22-11+. The highest BCUT2D eigenvalue weighted by Crippen LogP contribution is 2.38. The highest BCUT2D eigenvalue weighted by Gasteiger charge is 2.14. The van der Waals surface area contributed by atoms with E-state index in [2.05, 4.69) is 20.7 Å². The molecule has 0 radical (unpaired) electrons. The molecule has 0 atom stereocenters. The molecule has 0 spiro atoms. The molecule has 0 saturated heterocycles. The zero-order valence-electron chi connectivity index (χ0n) is 17.7. The Kier molecular flexibility index (Phi) is 7.50. The van der Waals surface area contributed by atoms with E-state index in [1.165, 1.54) is 20.4 Å². The van der Waals surface area contributed by atoms with Crippen LogP contribution in [0.3, 0.4) is 0 Å². The molecule has 1 aromatic heterocycles. The molecule has 31 heavy (non-hydrogen) atoms. The lowest BCUT2D eigenvalue weighted by Crippen LogP contribution is -2.17. The fourth-order valence-electron chi connectivity index (χ4n) is 2.75. The maximum atomic E-state index is 12.4. The lowest BCUT2D eigenvalue weighted by Gasteiger charge is -2.13. The van der Waals surface area contributed by atoms with Crippen molar-refractivity contribution in [3.63, 3.8) is 0 Å². The molecule has 9 nitrogen and oxygen atoms in total. The minimum Gasteiger partial charge on any atom is -0.493 e. The number of nitrogens with zero attached hydrogens (tertiary/aromatic N) is 4. The van der Waals surface area contributed by atoms with Crippen LogP contribution >= 0.6 is 11.8 Å². The number of amides is 1. The Bertz CT molecular complexity index is 1070. The average Bonchev–Trinajstić information content (AvgIpc) is 3.21. The van der Waals surface area contributed by atoms with Gasteiger partial charge in [-0.15, -0.1) is 10.2 Å². The van der Waals surface area contributed by atoms with Crippen molar-refractivity contribution in [1.29, 1.82) is 0 Å². The monoisotopic (exact) mass is 441 g/mol. The van der Waals surface area contributed by atoms with E-state index >= 15 is 0 Å². The van der Waals surface area contributed by atoms with Crippen molar-refractivity contribution in [2.24, 2.45) is 12.1 Å². The molecule has 2 aromatic carbocycles. The predicted octanol–water partition coefficient (Wildman–Crippen LogP) is 2.90. The van der Waals surface area contributed by atoms with Crippen molar-refractivity contribution >= 4 is 23.9 Å². The SMILES string of the molecule is COc1ccc(/C=N/NC(=O)c2ccc(CSc3nncn3C)cc2)c(OC)c1OC. The smallest absolute Gasteiger partial charge is 0.271 e. The van der Waals surface area contributed by atoms with Gasteiger partial charge in [-0.2, -0.15) is 5.10 Å². The van der Waals surface area contributed by atoms with Crippen LogP contribution < -0.4 is 19.6 Å². The second-order valence-corrected chi connectivity index (χ2v) is 7.28. The van der Waals surface area contributed by atoms with Gasteiger partial charge in [0.25, 0.3) is 5.91 Å². The molecule has 3 aromatic rings. The molecule has 0 saturated carbocycles. The number of hydrogen-bond donors (Lipinski definition) is 1. The van der Waals surface area contributed by atoms with E-state index in [1.807, 2.05) is 23.7 Å². The van der Waals surface area contributed by atoms with Crippen LogP contribution in [-0.4, -0.2) is 48.2 Å². The van der Waals surface area contributed by atoms with Gasteiger partial charge in [0.05, 0.1) is 27.5 Å². The second kappa shape index (κ2) is 10.5. The number of methoxy groups -OCH3 is 3. The first kappa shape index (κ1) is 22.2. The Morgan fingerprint density at radius 2 is 1.84 bits per heavy atom. The summed E-state index contributed by atoms with van der Waals surface area (Å²) in [6, 6.07) is 10.8. The third-order valence-electron chi connectivity index (χ3n) is 4.36. The minimum absolute atomic E-state index is 0.316. The molecule has 0 aliphatic carbocycles. The third-order valence-corrected chi connectivity index (χ3v) is 5.46. The van der Waals surface area contributed by atoms with Crippen molar-refractivity contribution < 1.29 is 19.0 Å². The molecular formula is C21H23N5O4S.